The lowest BCUT2D eigenvalue weighted by atomic mass is 9.81. The Hall–Kier alpha value is -0.890. The topological polar surface area (TPSA) is 12.0 Å². The molecule has 0 saturated carbocycles. The highest BCUT2D eigenvalue weighted by atomic mass is 19.1. The van der Waals surface area contributed by atoms with E-state index in [9.17, 15) is 4.39 Å². The Labute approximate surface area is 111 Å². The summed E-state index contributed by atoms with van der Waals surface area (Å²) in [6.45, 7) is 12.7. The largest absolute Gasteiger partial charge is 0.316 e. The summed E-state index contributed by atoms with van der Waals surface area (Å²) in [5.41, 5.74) is 2.09. The smallest absolute Gasteiger partial charge is 0.123 e. The SMILES string of the molecule is Cc1cc(F)cc(C(C)(C)CCNCC(C)C)c1. The van der Waals surface area contributed by atoms with Crippen molar-refractivity contribution in [3.63, 3.8) is 0 Å². The molecule has 18 heavy (non-hydrogen) atoms. The molecule has 102 valence electrons. The van der Waals surface area contributed by atoms with Crippen LogP contribution in [-0.2, 0) is 5.41 Å². The average Bonchev–Trinajstić information content (AvgIpc) is 2.23. The third kappa shape index (κ3) is 4.77. The molecule has 0 aliphatic heterocycles. The predicted molar refractivity (Wildman–Crippen MR) is 76.5 cm³/mol. The fraction of sp³-hybridized carbons (Fsp3) is 0.625. The molecule has 0 aliphatic carbocycles. The number of benzene rings is 1. The maximum absolute atomic E-state index is 13.4. The van der Waals surface area contributed by atoms with E-state index >= 15 is 0 Å². The van der Waals surface area contributed by atoms with E-state index in [1.807, 2.05) is 6.92 Å². The zero-order chi connectivity index (χ0) is 13.8. The fourth-order valence-electron chi connectivity index (χ4n) is 2.06. The summed E-state index contributed by atoms with van der Waals surface area (Å²) >= 11 is 0. The van der Waals surface area contributed by atoms with Crippen molar-refractivity contribution in [2.75, 3.05) is 13.1 Å². The average molecular weight is 251 g/mol. The van der Waals surface area contributed by atoms with E-state index in [0.29, 0.717) is 5.92 Å². The molecular formula is C16H26FN. The lowest BCUT2D eigenvalue weighted by Gasteiger charge is -2.26. The van der Waals surface area contributed by atoms with Gasteiger partial charge in [-0.3, -0.25) is 0 Å². The summed E-state index contributed by atoms with van der Waals surface area (Å²) in [6.07, 6.45) is 1.02. The molecule has 0 radical (unpaired) electrons. The molecule has 0 amide bonds. The van der Waals surface area contributed by atoms with Gasteiger partial charge in [0, 0.05) is 0 Å². The minimum Gasteiger partial charge on any atom is -0.316 e. The second kappa shape index (κ2) is 6.33. The zero-order valence-electron chi connectivity index (χ0n) is 12.3. The first-order valence-corrected chi connectivity index (χ1v) is 6.79. The van der Waals surface area contributed by atoms with Gasteiger partial charge in [0.2, 0.25) is 0 Å². The standard InChI is InChI=1S/C16H26FN/c1-12(2)11-18-7-6-16(4,5)14-8-13(3)9-15(17)10-14/h8-10,12,18H,6-7,11H2,1-5H3. The molecule has 0 aliphatic rings. The van der Waals surface area contributed by atoms with Crippen molar-refractivity contribution < 1.29 is 4.39 Å². The molecule has 1 rings (SSSR count). The van der Waals surface area contributed by atoms with E-state index < -0.39 is 0 Å². The van der Waals surface area contributed by atoms with Crippen molar-refractivity contribution >= 4 is 0 Å². The molecule has 0 heterocycles. The summed E-state index contributed by atoms with van der Waals surface area (Å²) in [7, 11) is 0. The maximum atomic E-state index is 13.4. The van der Waals surface area contributed by atoms with Gasteiger partial charge in [0.15, 0.2) is 0 Å². The molecule has 0 spiro atoms. The molecule has 0 unspecified atom stereocenters. The molecule has 0 saturated heterocycles. The van der Waals surface area contributed by atoms with Crippen LogP contribution in [0.25, 0.3) is 0 Å². The Morgan fingerprint density at radius 2 is 1.89 bits per heavy atom. The van der Waals surface area contributed by atoms with Crippen LogP contribution < -0.4 is 5.32 Å². The van der Waals surface area contributed by atoms with Gasteiger partial charge in [-0.05, 0) is 61.0 Å². The monoisotopic (exact) mass is 251 g/mol. The van der Waals surface area contributed by atoms with Crippen LogP contribution in [0.4, 0.5) is 4.39 Å². The number of aryl methyl sites for hydroxylation is 1. The molecule has 1 aromatic carbocycles. The van der Waals surface area contributed by atoms with Gasteiger partial charge in [0.05, 0.1) is 0 Å². The Kier molecular flexibility index (Phi) is 5.33. The third-order valence-electron chi connectivity index (χ3n) is 3.30. The van der Waals surface area contributed by atoms with Crippen molar-refractivity contribution in [3.05, 3.63) is 35.1 Å². The van der Waals surface area contributed by atoms with Crippen LogP contribution in [0, 0.1) is 18.7 Å². The van der Waals surface area contributed by atoms with E-state index in [0.717, 1.165) is 30.6 Å². The molecule has 0 bridgehead atoms. The van der Waals surface area contributed by atoms with Crippen molar-refractivity contribution in [3.8, 4) is 0 Å². The molecule has 0 aromatic heterocycles. The van der Waals surface area contributed by atoms with Crippen LogP contribution in [-0.4, -0.2) is 13.1 Å². The molecular weight excluding hydrogens is 225 g/mol. The number of hydrogen-bond donors (Lipinski definition) is 1. The number of hydrogen-bond acceptors (Lipinski definition) is 1. The molecule has 2 heteroatoms. The first-order valence-electron chi connectivity index (χ1n) is 6.79. The predicted octanol–water partition coefficient (Wildman–Crippen LogP) is 4.05. The van der Waals surface area contributed by atoms with E-state index in [2.05, 4.69) is 39.1 Å². The first-order chi connectivity index (χ1) is 8.31. The van der Waals surface area contributed by atoms with E-state index in [4.69, 9.17) is 0 Å². The van der Waals surface area contributed by atoms with E-state index in [1.54, 1.807) is 12.1 Å². The van der Waals surface area contributed by atoms with Gasteiger partial charge >= 0.3 is 0 Å². The Morgan fingerprint density at radius 1 is 1.22 bits per heavy atom. The summed E-state index contributed by atoms with van der Waals surface area (Å²) < 4.78 is 13.4. The lowest BCUT2D eigenvalue weighted by Crippen LogP contribution is -2.27. The van der Waals surface area contributed by atoms with Crippen LogP contribution in [0.2, 0.25) is 0 Å². The normalized spacial score (nSPS) is 12.2. The zero-order valence-corrected chi connectivity index (χ0v) is 12.3. The van der Waals surface area contributed by atoms with E-state index in [-0.39, 0.29) is 11.2 Å². The second-order valence-corrected chi connectivity index (χ2v) is 6.25. The summed E-state index contributed by atoms with van der Waals surface area (Å²) in [5, 5.41) is 3.45. The maximum Gasteiger partial charge on any atom is 0.123 e. The van der Waals surface area contributed by atoms with Gasteiger partial charge in [0.1, 0.15) is 5.82 Å². The lowest BCUT2D eigenvalue weighted by molar-refractivity contribution is 0.439. The highest BCUT2D eigenvalue weighted by Crippen LogP contribution is 2.28. The van der Waals surface area contributed by atoms with Gasteiger partial charge in [0.25, 0.3) is 0 Å². The fourth-order valence-corrected chi connectivity index (χ4v) is 2.06. The van der Waals surface area contributed by atoms with Gasteiger partial charge < -0.3 is 5.32 Å². The number of rotatable bonds is 6. The van der Waals surface area contributed by atoms with Gasteiger partial charge in [-0.15, -0.1) is 0 Å². The van der Waals surface area contributed by atoms with Crippen molar-refractivity contribution in [2.45, 2.75) is 46.5 Å². The second-order valence-electron chi connectivity index (χ2n) is 6.25. The summed E-state index contributed by atoms with van der Waals surface area (Å²) in [5.74, 6) is 0.540. The number of halogens is 1. The molecule has 1 nitrogen and oxygen atoms in total. The highest BCUT2D eigenvalue weighted by molar-refractivity contribution is 5.29. The third-order valence-corrected chi connectivity index (χ3v) is 3.30. The number of nitrogens with one attached hydrogen (secondary N) is 1. The van der Waals surface area contributed by atoms with E-state index in [1.165, 1.54) is 0 Å². The minimum atomic E-state index is -0.131. The summed E-state index contributed by atoms with van der Waals surface area (Å²) in [4.78, 5) is 0. The molecule has 0 atom stereocenters. The first kappa shape index (κ1) is 15.2. The van der Waals surface area contributed by atoms with Crippen LogP contribution in [0.3, 0.4) is 0 Å². The van der Waals surface area contributed by atoms with Crippen LogP contribution in [0.5, 0.6) is 0 Å². The quantitative estimate of drug-likeness (QED) is 0.752. The van der Waals surface area contributed by atoms with Crippen molar-refractivity contribution in [2.24, 2.45) is 5.92 Å². The van der Waals surface area contributed by atoms with Crippen LogP contribution in [0.15, 0.2) is 18.2 Å². The summed E-state index contributed by atoms with van der Waals surface area (Å²) in [6, 6.07) is 5.33. The van der Waals surface area contributed by atoms with Crippen LogP contribution >= 0.6 is 0 Å². The molecule has 1 aromatic rings. The minimum absolute atomic E-state index is 0.0108. The Bertz CT molecular complexity index is 362. The molecule has 1 N–H and O–H groups in total. The van der Waals surface area contributed by atoms with Gasteiger partial charge in [-0.2, -0.15) is 0 Å². The van der Waals surface area contributed by atoms with Crippen LogP contribution in [0.1, 0.15) is 45.2 Å². The molecule has 0 fully saturated rings. The van der Waals surface area contributed by atoms with Gasteiger partial charge in [-0.1, -0.05) is 33.8 Å². The Balaban J connectivity index is 2.61. The van der Waals surface area contributed by atoms with Gasteiger partial charge in [-0.25, -0.2) is 4.39 Å². The highest BCUT2D eigenvalue weighted by Gasteiger charge is 2.21. The Morgan fingerprint density at radius 3 is 2.44 bits per heavy atom. The van der Waals surface area contributed by atoms with Crippen molar-refractivity contribution in [1.82, 2.24) is 5.32 Å². The van der Waals surface area contributed by atoms with Crippen molar-refractivity contribution in [1.29, 1.82) is 0 Å².